The Labute approximate surface area is 309 Å². The summed E-state index contributed by atoms with van der Waals surface area (Å²) >= 11 is 0. The largest absolute Gasteiger partial charge is 0.462 e. The molecule has 0 saturated heterocycles. The van der Waals surface area contributed by atoms with Gasteiger partial charge in [-0.3, -0.25) is 4.79 Å². The Hall–Kier alpha value is -1.13. The summed E-state index contributed by atoms with van der Waals surface area (Å²) in [5.41, 5.74) is 0.00787. The van der Waals surface area contributed by atoms with Crippen molar-refractivity contribution in [2.75, 3.05) is 0 Å². The maximum absolute atomic E-state index is 12.9. The summed E-state index contributed by atoms with van der Waals surface area (Å²) in [4.78, 5) is 12.9. The Balaban J connectivity index is 1.19. The topological polar surface area (TPSA) is 66.8 Å². The van der Waals surface area contributed by atoms with Crippen molar-refractivity contribution in [3.05, 3.63) is 23.8 Å². The normalized spacial score (nSPS) is 35.0. The molecule has 0 unspecified atom stereocenters. The van der Waals surface area contributed by atoms with Crippen LogP contribution in [0.1, 0.15) is 196 Å². The lowest BCUT2D eigenvalue weighted by atomic mass is 9.45. The summed E-state index contributed by atoms with van der Waals surface area (Å²) in [6.07, 6.45) is 32.5. The van der Waals surface area contributed by atoms with Gasteiger partial charge in [-0.25, -0.2) is 0 Å². The van der Waals surface area contributed by atoms with Crippen LogP contribution in [-0.4, -0.2) is 34.0 Å². The summed E-state index contributed by atoms with van der Waals surface area (Å²) in [7, 11) is 0. The second-order valence-electron chi connectivity index (χ2n) is 18.7. The third-order valence-corrected chi connectivity index (χ3v) is 15.0. The van der Waals surface area contributed by atoms with Crippen LogP contribution in [0.3, 0.4) is 0 Å². The molecule has 2 N–H and O–H groups in total. The zero-order valence-electron chi connectivity index (χ0n) is 33.8. The number of ether oxygens (including phenoxy) is 1. The standard InChI is InChI=1S/C46H80O4/c1-8-9-10-11-12-13-14-15-16-17-18-19-20-21-22-23-43(48)50-37-28-31-45(7)41-29-30-44(6)39(36(5)25-24-35(4)34(2)3)26-27-40(44)38(41)32-42(47)46(45,49)33-37/h24-25,32,34-37,39-42,47,49H,8-23,26-31,33H2,1-7H3/b25-24+/t35-,36+,37-,39+,40-,41-,42-,44+,45+,46-/m0/s1. The number of aliphatic hydroxyl groups is 2. The minimum absolute atomic E-state index is 0.130. The van der Waals surface area contributed by atoms with Gasteiger partial charge in [-0.05, 0) is 85.9 Å². The summed E-state index contributed by atoms with van der Waals surface area (Å²) in [5.74, 6) is 3.08. The van der Waals surface area contributed by atoms with E-state index in [1.807, 2.05) is 0 Å². The fourth-order valence-corrected chi connectivity index (χ4v) is 11.1. The van der Waals surface area contributed by atoms with Gasteiger partial charge in [-0.2, -0.15) is 0 Å². The lowest BCUT2D eigenvalue weighted by molar-refractivity contribution is -0.216. The molecule has 4 heteroatoms. The first kappa shape index (κ1) is 41.6. The average molecular weight is 697 g/mol. The van der Waals surface area contributed by atoms with Crippen LogP contribution in [0, 0.1) is 46.3 Å². The minimum Gasteiger partial charge on any atom is -0.462 e. The van der Waals surface area contributed by atoms with E-state index < -0.39 is 17.1 Å². The van der Waals surface area contributed by atoms with Crippen LogP contribution in [0.25, 0.3) is 0 Å². The molecule has 0 aliphatic heterocycles. The number of allylic oxidation sites excluding steroid dienone is 3. The Morgan fingerprint density at radius 3 is 1.96 bits per heavy atom. The summed E-state index contributed by atoms with van der Waals surface area (Å²) in [6, 6.07) is 0. The van der Waals surface area contributed by atoms with E-state index in [9.17, 15) is 15.0 Å². The molecule has 0 aromatic rings. The highest BCUT2D eigenvalue weighted by Gasteiger charge is 2.65. The first-order valence-electron chi connectivity index (χ1n) is 21.9. The molecule has 0 aromatic carbocycles. The predicted octanol–water partition coefficient (Wildman–Crippen LogP) is 12.3. The van der Waals surface area contributed by atoms with Crippen molar-refractivity contribution >= 4 is 5.97 Å². The number of carbonyl (C=O) groups excluding carboxylic acids is 1. The van der Waals surface area contributed by atoms with Crippen LogP contribution in [0.15, 0.2) is 23.8 Å². The Morgan fingerprint density at radius 2 is 1.38 bits per heavy atom. The fraction of sp³-hybridized carbons (Fsp3) is 0.891. The number of aliphatic hydroxyl groups excluding tert-OH is 1. The summed E-state index contributed by atoms with van der Waals surface area (Å²) in [6.45, 7) is 16.4. The molecule has 10 atom stereocenters. The average Bonchev–Trinajstić information content (AvgIpc) is 3.44. The molecule has 50 heavy (non-hydrogen) atoms. The van der Waals surface area contributed by atoms with Gasteiger partial charge in [0.25, 0.3) is 0 Å². The molecule has 288 valence electrons. The van der Waals surface area contributed by atoms with Crippen LogP contribution >= 0.6 is 0 Å². The van der Waals surface area contributed by atoms with Crippen molar-refractivity contribution in [3.63, 3.8) is 0 Å². The van der Waals surface area contributed by atoms with Crippen molar-refractivity contribution in [1.29, 1.82) is 0 Å². The maximum atomic E-state index is 12.9. The van der Waals surface area contributed by atoms with Crippen molar-refractivity contribution in [2.24, 2.45) is 46.3 Å². The van der Waals surface area contributed by atoms with Crippen molar-refractivity contribution < 1.29 is 19.7 Å². The van der Waals surface area contributed by atoms with Gasteiger partial charge in [0, 0.05) is 18.3 Å². The first-order valence-corrected chi connectivity index (χ1v) is 21.9. The molecule has 4 rings (SSSR count). The van der Waals surface area contributed by atoms with Crippen molar-refractivity contribution in [2.45, 2.75) is 214 Å². The zero-order valence-corrected chi connectivity index (χ0v) is 33.8. The van der Waals surface area contributed by atoms with Crippen LogP contribution in [0.2, 0.25) is 0 Å². The summed E-state index contributed by atoms with van der Waals surface area (Å²) in [5, 5.41) is 23.9. The summed E-state index contributed by atoms with van der Waals surface area (Å²) < 4.78 is 6.00. The Kier molecular flexibility index (Phi) is 16.0. The highest BCUT2D eigenvalue weighted by molar-refractivity contribution is 5.69. The SMILES string of the molecule is CCCCCCCCCCCCCCCCCC(=O)O[C@H]1CC[C@]2(C)[C@H]3CC[C@]4(C)[C@@H]([C@H](C)/C=C/[C@H](C)C(C)C)CC[C@H]4C3=C[C@H](O)[C@@]2(O)C1. The van der Waals surface area contributed by atoms with E-state index in [0.29, 0.717) is 42.4 Å². The Bertz CT molecular complexity index is 1090. The number of carbonyl (C=O) groups is 1. The van der Waals surface area contributed by atoms with Gasteiger partial charge in [0.2, 0.25) is 0 Å². The number of esters is 1. The van der Waals surface area contributed by atoms with E-state index >= 15 is 0 Å². The molecule has 4 aliphatic rings. The van der Waals surface area contributed by atoms with Crippen molar-refractivity contribution in [1.82, 2.24) is 0 Å². The van der Waals surface area contributed by atoms with Gasteiger partial charge in [-0.1, -0.05) is 162 Å². The lowest BCUT2D eigenvalue weighted by Gasteiger charge is -2.62. The minimum atomic E-state index is -1.26. The molecule has 0 bridgehead atoms. The first-order chi connectivity index (χ1) is 23.9. The Morgan fingerprint density at radius 1 is 0.800 bits per heavy atom. The second kappa shape index (κ2) is 19.3. The lowest BCUT2D eigenvalue weighted by Crippen LogP contribution is -2.65. The molecule has 3 saturated carbocycles. The van der Waals surface area contributed by atoms with Crippen LogP contribution in [-0.2, 0) is 9.53 Å². The molecule has 0 spiro atoms. The quantitative estimate of drug-likeness (QED) is 0.0712. The number of hydrogen-bond donors (Lipinski definition) is 2. The molecular formula is C46H80O4. The molecule has 0 amide bonds. The van der Waals surface area contributed by atoms with Gasteiger partial charge in [0.1, 0.15) is 17.8 Å². The van der Waals surface area contributed by atoms with E-state index in [2.05, 4.69) is 66.7 Å². The highest BCUT2D eigenvalue weighted by Crippen LogP contribution is 2.67. The third kappa shape index (κ3) is 9.89. The fourth-order valence-electron chi connectivity index (χ4n) is 11.1. The van der Waals surface area contributed by atoms with Gasteiger partial charge < -0.3 is 14.9 Å². The molecule has 0 radical (unpaired) electrons. The van der Waals surface area contributed by atoms with E-state index in [1.54, 1.807) is 0 Å². The van der Waals surface area contributed by atoms with Gasteiger partial charge >= 0.3 is 5.97 Å². The maximum Gasteiger partial charge on any atom is 0.306 e. The molecule has 4 nitrogen and oxygen atoms in total. The molecule has 0 aromatic heterocycles. The zero-order chi connectivity index (χ0) is 36.4. The highest BCUT2D eigenvalue weighted by atomic mass is 16.5. The van der Waals surface area contributed by atoms with Crippen LogP contribution < -0.4 is 0 Å². The van der Waals surface area contributed by atoms with Gasteiger partial charge in [0.15, 0.2) is 0 Å². The van der Waals surface area contributed by atoms with Crippen molar-refractivity contribution in [3.8, 4) is 0 Å². The van der Waals surface area contributed by atoms with Crippen LogP contribution in [0.4, 0.5) is 0 Å². The number of hydrogen-bond acceptors (Lipinski definition) is 4. The number of fused-ring (bicyclic) bond motifs is 5. The smallest absolute Gasteiger partial charge is 0.306 e. The molecule has 4 aliphatic carbocycles. The monoisotopic (exact) mass is 697 g/mol. The molecule has 3 fully saturated rings. The van der Waals surface area contributed by atoms with E-state index in [4.69, 9.17) is 4.74 Å². The molecule has 0 heterocycles. The van der Waals surface area contributed by atoms with E-state index in [0.717, 1.165) is 32.1 Å². The van der Waals surface area contributed by atoms with Gasteiger partial charge in [0.05, 0.1) is 0 Å². The van der Waals surface area contributed by atoms with Crippen LogP contribution in [0.5, 0.6) is 0 Å². The third-order valence-electron chi connectivity index (χ3n) is 15.0. The number of rotatable bonds is 21. The van der Waals surface area contributed by atoms with Gasteiger partial charge in [-0.15, -0.1) is 0 Å². The predicted molar refractivity (Wildman–Crippen MR) is 210 cm³/mol. The second-order valence-corrected chi connectivity index (χ2v) is 18.7. The van der Waals surface area contributed by atoms with E-state index in [1.165, 1.54) is 108 Å². The molecular weight excluding hydrogens is 617 g/mol. The number of unbranched alkanes of at least 4 members (excludes halogenated alkanes) is 14. The van der Waals surface area contributed by atoms with E-state index in [-0.39, 0.29) is 23.4 Å².